The molecule has 0 radical (unpaired) electrons. The van der Waals surface area contributed by atoms with E-state index < -0.39 is 0 Å². The van der Waals surface area contributed by atoms with Crippen molar-refractivity contribution in [1.29, 1.82) is 0 Å². The normalized spacial score (nSPS) is 14.9. The maximum absolute atomic E-state index is 5.48. The van der Waals surface area contributed by atoms with Gasteiger partial charge in [-0.3, -0.25) is 0 Å². The highest BCUT2D eigenvalue weighted by atomic mass is 79.9. The van der Waals surface area contributed by atoms with Crippen LogP contribution in [-0.2, 0) is 0 Å². The predicted octanol–water partition coefficient (Wildman–Crippen LogP) is 5.41. The van der Waals surface area contributed by atoms with Crippen molar-refractivity contribution in [2.45, 2.75) is 34.6 Å². The predicted molar refractivity (Wildman–Crippen MR) is 106 cm³/mol. The minimum absolute atomic E-state index is 0.143. The van der Waals surface area contributed by atoms with E-state index in [0.717, 1.165) is 25.0 Å². The van der Waals surface area contributed by atoms with E-state index in [-0.39, 0.29) is 5.41 Å². The van der Waals surface area contributed by atoms with E-state index in [1.807, 2.05) is 12.1 Å². The minimum atomic E-state index is 0.143. The average molecular weight is 432 g/mol. The van der Waals surface area contributed by atoms with Crippen LogP contribution >= 0.6 is 31.9 Å². The Morgan fingerprint density at radius 3 is 2.13 bits per heavy atom. The highest BCUT2D eigenvalue weighted by Crippen LogP contribution is 2.36. The zero-order valence-corrected chi connectivity index (χ0v) is 17.3. The zero-order chi connectivity index (χ0) is 17.4. The lowest BCUT2D eigenvalue weighted by atomic mass is 9.77. The van der Waals surface area contributed by atoms with Crippen LogP contribution in [0.4, 0.5) is 0 Å². The molecule has 0 aromatic heterocycles. The molecule has 1 aliphatic rings. The summed E-state index contributed by atoms with van der Waals surface area (Å²) < 4.78 is 1.89. The first kappa shape index (κ1) is 18.2. The first-order valence-electron chi connectivity index (χ1n) is 7.48. The maximum Gasteiger partial charge on any atom is 0.153 e. The van der Waals surface area contributed by atoms with Crippen molar-refractivity contribution in [2.75, 3.05) is 0 Å². The van der Waals surface area contributed by atoms with Gasteiger partial charge in [0.2, 0.25) is 0 Å². The van der Waals surface area contributed by atoms with Crippen molar-refractivity contribution in [1.82, 2.24) is 0 Å². The van der Waals surface area contributed by atoms with Crippen LogP contribution in [0.1, 0.15) is 34.6 Å². The molecule has 0 atom stereocenters. The molecule has 0 N–H and O–H groups in total. The summed E-state index contributed by atoms with van der Waals surface area (Å²) in [5.41, 5.74) is 10.1. The van der Waals surface area contributed by atoms with Crippen LogP contribution in [-0.4, -0.2) is 0 Å². The highest BCUT2D eigenvalue weighted by molar-refractivity contribution is 9.11. The van der Waals surface area contributed by atoms with Gasteiger partial charge in [0.05, 0.1) is 16.7 Å². The van der Waals surface area contributed by atoms with Gasteiger partial charge in [-0.15, -0.1) is 17.4 Å². The third-order valence-corrected chi connectivity index (χ3v) is 5.11. The number of benzene rings is 1. The standard InChI is InChI=1S/C21H20Br2/c1-7-15-10-19(22)18(20(23)11-15)12-17-13(2)8-16(9-14(17)3)21(4,5)6/h1,8-11H,2-6H3. The van der Waals surface area contributed by atoms with Crippen molar-refractivity contribution in [2.24, 2.45) is 5.41 Å². The summed E-state index contributed by atoms with van der Waals surface area (Å²) in [6, 6.07) is 3.89. The Morgan fingerprint density at radius 2 is 1.70 bits per heavy atom. The Kier molecular flexibility index (Phi) is 5.33. The summed E-state index contributed by atoms with van der Waals surface area (Å²) in [5.74, 6) is 1.23. The molecule has 0 saturated heterocycles. The van der Waals surface area contributed by atoms with Crippen LogP contribution in [0.2, 0.25) is 0 Å². The Bertz CT molecular complexity index is 850. The lowest BCUT2D eigenvalue weighted by Crippen LogP contribution is -2.15. The lowest BCUT2D eigenvalue weighted by Gasteiger charge is -2.21. The van der Waals surface area contributed by atoms with E-state index in [1.165, 1.54) is 17.1 Å². The van der Waals surface area contributed by atoms with Crippen LogP contribution in [0, 0.1) is 17.9 Å². The zero-order valence-electron chi connectivity index (χ0n) is 14.1. The summed E-state index contributed by atoms with van der Waals surface area (Å²) in [6.45, 7) is 16.5. The van der Waals surface area contributed by atoms with Crippen LogP contribution in [0.5, 0.6) is 0 Å². The molecule has 2 heteroatoms. The van der Waals surface area contributed by atoms with Gasteiger partial charge in [0.1, 0.15) is 0 Å². The molecule has 118 valence electrons. The summed E-state index contributed by atoms with van der Waals surface area (Å²) in [7, 11) is 0. The molecule has 23 heavy (non-hydrogen) atoms. The number of hydrogen-bond donors (Lipinski definition) is 0. The molecular weight excluding hydrogens is 412 g/mol. The van der Waals surface area contributed by atoms with Gasteiger partial charge in [-0.05, 0) is 34.6 Å². The largest absolute Gasteiger partial charge is 0.327 e. The number of hydrogen-bond acceptors (Lipinski definition) is 0. The SMILES string of the molecule is [CH-]=C=c1cc(Br)c(=C=C2C(C)=CC(C(C)(C)C)=C[C+]2C)c(Br)c1. The number of rotatable bonds is 0. The first-order chi connectivity index (χ1) is 10.6. The fourth-order valence-electron chi connectivity index (χ4n) is 2.49. The molecule has 0 spiro atoms. The summed E-state index contributed by atoms with van der Waals surface area (Å²) in [5, 5.41) is 1.82. The van der Waals surface area contributed by atoms with E-state index in [0.29, 0.717) is 0 Å². The van der Waals surface area contributed by atoms with Crippen LogP contribution in [0.3, 0.4) is 0 Å². The second-order valence-corrected chi connectivity index (χ2v) is 8.53. The quantitative estimate of drug-likeness (QED) is 0.481. The first-order valence-corrected chi connectivity index (χ1v) is 9.06. The van der Waals surface area contributed by atoms with Gasteiger partial charge < -0.3 is 5.73 Å². The molecule has 0 amide bonds. The van der Waals surface area contributed by atoms with Gasteiger partial charge in [-0.1, -0.05) is 31.9 Å². The molecular formula is C21H20Br2. The second kappa shape index (κ2) is 6.75. The fourth-order valence-corrected chi connectivity index (χ4v) is 3.88. The Morgan fingerprint density at radius 1 is 1.13 bits per heavy atom. The monoisotopic (exact) mass is 430 g/mol. The van der Waals surface area contributed by atoms with Crippen molar-refractivity contribution in [3.05, 3.63) is 72.9 Å². The third kappa shape index (κ3) is 4.03. The van der Waals surface area contributed by atoms with Gasteiger partial charge in [-0.2, -0.15) is 0 Å². The average Bonchev–Trinajstić information content (AvgIpc) is 2.43. The smallest absolute Gasteiger partial charge is 0.153 e. The number of allylic oxidation sites excluding steroid dienone is 5. The Balaban J connectivity index is 2.74. The molecule has 0 nitrogen and oxygen atoms in total. The third-order valence-electron chi connectivity index (χ3n) is 3.86. The molecule has 1 aliphatic carbocycles. The summed E-state index contributed by atoms with van der Waals surface area (Å²) in [6.07, 6.45) is 4.51. The van der Waals surface area contributed by atoms with Gasteiger partial charge in [-0.25, -0.2) is 6.58 Å². The molecule has 0 aliphatic heterocycles. The van der Waals surface area contributed by atoms with Gasteiger partial charge in [0.15, 0.2) is 5.57 Å². The van der Waals surface area contributed by atoms with E-state index in [9.17, 15) is 0 Å². The van der Waals surface area contributed by atoms with Gasteiger partial charge in [0.25, 0.3) is 0 Å². The van der Waals surface area contributed by atoms with E-state index in [1.54, 1.807) is 0 Å². The molecule has 1 aromatic rings. The van der Waals surface area contributed by atoms with Crippen molar-refractivity contribution >= 4 is 43.3 Å². The molecule has 0 fully saturated rings. The van der Waals surface area contributed by atoms with E-state index in [2.05, 4.69) is 90.1 Å². The van der Waals surface area contributed by atoms with Gasteiger partial charge >= 0.3 is 0 Å². The lowest BCUT2D eigenvalue weighted by molar-refractivity contribution is 0.514. The van der Waals surface area contributed by atoms with E-state index >= 15 is 0 Å². The summed E-state index contributed by atoms with van der Waals surface area (Å²) >= 11 is 7.21. The maximum atomic E-state index is 5.48. The Hall–Kier alpha value is -1.17. The molecule has 0 unspecified atom stereocenters. The van der Waals surface area contributed by atoms with Crippen LogP contribution in [0.25, 0.3) is 11.5 Å². The molecule has 0 heterocycles. The van der Waals surface area contributed by atoms with E-state index in [4.69, 9.17) is 6.58 Å². The number of halogens is 2. The molecule has 1 aromatic carbocycles. The van der Waals surface area contributed by atoms with Crippen molar-refractivity contribution in [3.63, 3.8) is 0 Å². The fraction of sp³-hybridized carbons (Fsp3) is 0.286. The van der Waals surface area contributed by atoms with Crippen LogP contribution < -0.4 is 10.4 Å². The topological polar surface area (TPSA) is 0 Å². The Labute approximate surface area is 155 Å². The minimum Gasteiger partial charge on any atom is -0.327 e. The van der Waals surface area contributed by atoms with Crippen molar-refractivity contribution < 1.29 is 0 Å². The molecule has 0 bridgehead atoms. The molecule has 0 saturated carbocycles. The highest BCUT2D eigenvalue weighted by Gasteiger charge is 2.29. The molecule has 2 rings (SSSR count). The van der Waals surface area contributed by atoms with Crippen LogP contribution in [0.15, 0.2) is 49.9 Å². The van der Waals surface area contributed by atoms with Gasteiger partial charge in [0, 0.05) is 37.8 Å². The van der Waals surface area contributed by atoms with Crippen molar-refractivity contribution in [3.8, 4) is 0 Å². The summed E-state index contributed by atoms with van der Waals surface area (Å²) in [4.78, 5) is 0. The second-order valence-electron chi connectivity index (χ2n) is 6.82.